The van der Waals surface area contributed by atoms with Crippen LogP contribution in [0.4, 0.5) is 0 Å². The van der Waals surface area contributed by atoms with Crippen LogP contribution in [0, 0.1) is 6.92 Å². The van der Waals surface area contributed by atoms with E-state index < -0.39 is 0 Å². The zero-order chi connectivity index (χ0) is 16.7. The molecule has 0 aliphatic heterocycles. The fourth-order valence-corrected chi connectivity index (χ4v) is 3.57. The van der Waals surface area contributed by atoms with Gasteiger partial charge < -0.3 is 10.4 Å². The zero-order valence-corrected chi connectivity index (χ0v) is 14.1. The molecular weight excluding hydrogens is 302 g/mol. The van der Waals surface area contributed by atoms with Crippen molar-refractivity contribution in [1.82, 2.24) is 24.9 Å². The van der Waals surface area contributed by atoms with Crippen LogP contribution in [-0.2, 0) is 13.1 Å². The number of nitrogens with zero attached hydrogens (tertiary/aromatic N) is 4. The third-order valence-corrected chi connectivity index (χ3v) is 4.90. The Morgan fingerprint density at radius 3 is 2.88 bits per heavy atom. The average Bonchev–Trinajstić information content (AvgIpc) is 3.15. The highest BCUT2D eigenvalue weighted by Crippen LogP contribution is 2.33. The average molecular weight is 325 g/mol. The standard InChI is InChI=1S/C18H23N5O/c1-3-22-16-7-5-4-6-13(16)15(21-22)10-19-14-8-17(24)18(14)23-11-12(2)9-20-23/h4-7,9,11,14,17-19,24H,3,8,10H2,1-2H3/t14-,17+,18+/m0/s1. The molecule has 0 amide bonds. The first kappa shape index (κ1) is 15.4. The number of fused-ring (bicyclic) bond motifs is 1. The van der Waals surface area contributed by atoms with Crippen LogP contribution in [0.3, 0.4) is 0 Å². The monoisotopic (exact) mass is 325 g/mol. The van der Waals surface area contributed by atoms with Crippen molar-refractivity contribution < 1.29 is 5.11 Å². The first-order valence-electron chi connectivity index (χ1n) is 8.54. The van der Waals surface area contributed by atoms with Crippen LogP contribution in [0.25, 0.3) is 10.9 Å². The lowest BCUT2D eigenvalue weighted by Crippen LogP contribution is -2.54. The Morgan fingerprint density at radius 2 is 2.17 bits per heavy atom. The largest absolute Gasteiger partial charge is 0.391 e. The highest BCUT2D eigenvalue weighted by molar-refractivity contribution is 5.81. The topological polar surface area (TPSA) is 67.9 Å². The molecule has 1 aliphatic rings. The van der Waals surface area contributed by atoms with Crippen molar-refractivity contribution in [3.63, 3.8) is 0 Å². The summed E-state index contributed by atoms with van der Waals surface area (Å²) in [6.45, 7) is 5.68. The molecule has 3 atom stereocenters. The predicted molar refractivity (Wildman–Crippen MR) is 92.7 cm³/mol. The van der Waals surface area contributed by atoms with E-state index in [9.17, 15) is 5.11 Å². The molecule has 1 fully saturated rings. The van der Waals surface area contributed by atoms with Gasteiger partial charge in [-0.05, 0) is 31.9 Å². The van der Waals surface area contributed by atoms with Gasteiger partial charge in [0.05, 0.1) is 29.6 Å². The summed E-state index contributed by atoms with van der Waals surface area (Å²) in [5.74, 6) is 0. The number of benzene rings is 1. The summed E-state index contributed by atoms with van der Waals surface area (Å²) in [6, 6.07) is 8.54. The van der Waals surface area contributed by atoms with Gasteiger partial charge in [-0.25, -0.2) is 0 Å². The highest BCUT2D eigenvalue weighted by Gasteiger charge is 2.41. The van der Waals surface area contributed by atoms with Gasteiger partial charge in [0, 0.05) is 30.7 Å². The molecule has 0 bridgehead atoms. The third kappa shape index (κ3) is 2.52. The third-order valence-electron chi connectivity index (χ3n) is 4.90. The van der Waals surface area contributed by atoms with Crippen LogP contribution in [0.1, 0.15) is 30.6 Å². The summed E-state index contributed by atoms with van der Waals surface area (Å²) in [4.78, 5) is 0. The Bertz CT molecular complexity index is 852. The lowest BCUT2D eigenvalue weighted by atomic mass is 9.83. The van der Waals surface area contributed by atoms with Crippen LogP contribution in [0.15, 0.2) is 36.7 Å². The van der Waals surface area contributed by atoms with Crippen LogP contribution in [-0.4, -0.2) is 36.8 Å². The number of hydrogen-bond acceptors (Lipinski definition) is 4. The number of aliphatic hydroxyl groups excluding tert-OH is 1. The molecule has 0 spiro atoms. The van der Waals surface area contributed by atoms with E-state index in [0.717, 1.165) is 24.2 Å². The molecule has 0 unspecified atom stereocenters. The molecule has 0 saturated heterocycles. The van der Waals surface area contributed by atoms with E-state index in [-0.39, 0.29) is 18.2 Å². The van der Waals surface area contributed by atoms with E-state index in [1.807, 2.05) is 34.7 Å². The number of para-hydroxylation sites is 1. The smallest absolute Gasteiger partial charge is 0.0932 e. The Kier molecular flexibility index (Phi) is 3.86. The lowest BCUT2D eigenvalue weighted by molar-refractivity contribution is -0.00832. The van der Waals surface area contributed by atoms with Crippen molar-refractivity contribution in [2.75, 3.05) is 0 Å². The molecular formula is C18H23N5O. The molecule has 0 radical (unpaired) electrons. The van der Waals surface area contributed by atoms with Crippen molar-refractivity contribution in [2.24, 2.45) is 0 Å². The SMILES string of the molecule is CCn1nc(CN[C@H]2C[C@@H](O)[C@@H]2n2cc(C)cn2)c2ccccc21. The first-order valence-corrected chi connectivity index (χ1v) is 8.54. The molecule has 2 N–H and O–H groups in total. The Morgan fingerprint density at radius 1 is 1.33 bits per heavy atom. The molecule has 24 heavy (non-hydrogen) atoms. The molecule has 1 aromatic carbocycles. The van der Waals surface area contributed by atoms with Crippen LogP contribution in [0.2, 0.25) is 0 Å². The van der Waals surface area contributed by atoms with Crippen molar-refractivity contribution in [3.8, 4) is 0 Å². The van der Waals surface area contributed by atoms with Gasteiger partial charge in [0.25, 0.3) is 0 Å². The quantitative estimate of drug-likeness (QED) is 0.753. The van der Waals surface area contributed by atoms with E-state index in [4.69, 9.17) is 5.10 Å². The molecule has 1 saturated carbocycles. The molecule has 126 valence electrons. The molecule has 4 rings (SSSR count). The van der Waals surface area contributed by atoms with Crippen molar-refractivity contribution in [1.29, 1.82) is 0 Å². The number of hydrogen-bond donors (Lipinski definition) is 2. The van der Waals surface area contributed by atoms with Gasteiger partial charge in [-0.2, -0.15) is 10.2 Å². The van der Waals surface area contributed by atoms with Crippen molar-refractivity contribution >= 4 is 10.9 Å². The minimum atomic E-state index is -0.341. The maximum Gasteiger partial charge on any atom is 0.0932 e. The predicted octanol–water partition coefficient (Wildman–Crippen LogP) is 2.03. The fraction of sp³-hybridized carbons (Fsp3) is 0.444. The number of nitrogens with one attached hydrogen (secondary N) is 1. The zero-order valence-electron chi connectivity index (χ0n) is 14.1. The number of aliphatic hydroxyl groups is 1. The van der Waals surface area contributed by atoms with Gasteiger partial charge in [0.1, 0.15) is 0 Å². The highest BCUT2D eigenvalue weighted by atomic mass is 16.3. The summed E-state index contributed by atoms with van der Waals surface area (Å²) < 4.78 is 3.92. The minimum Gasteiger partial charge on any atom is -0.391 e. The maximum absolute atomic E-state index is 10.1. The summed E-state index contributed by atoms with van der Waals surface area (Å²) in [6.07, 6.45) is 4.23. The second kappa shape index (κ2) is 6.03. The molecule has 2 aromatic heterocycles. The van der Waals surface area contributed by atoms with Crippen LogP contribution < -0.4 is 5.32 Å². The molecule has 2 heterocycles. The van der Waals surface area contributed by atoms with Gasteiger partial charge in [0.15, 0.2) is 0 Å². The van der Waals surface area contributed by atoms with Gasteiger partial charge in [-0.15, -0.1) is 0 Å². The van der Waals surface area contributed by atoms with E-state index in [1.165, 1.54) is 10.9 Å². The van der Waals surface area contributed by atoms with Gasteiger partial charge in [-0.3, -0.25) is 9.36 Å². The van der Waals surface area contributed by atoms with Crippen LogP contribution in [0.5, 0.6) is 0 Å². The lowest BCUT2D eigenvalue weighted by Gasteiger charge is -2.42. The summed E-state index contributed by atoms with van der Waals surface area (Å²) >= 11 is 0. The van der Waals surface area contributed by atoms with E-state index in [1.54, 1.807) is 0 Å². The van der Waals surface area contributed by atoms with E-state index in [0.29, 0.717) is 6.54 Å². The normalized spacial score (nSPS) is 23.5. The first-order chi connectivity index (χ1) is 11.7. The van der Waals surface area contributed by atoms with Crippen molar-refractivity contribution in [2.45, 2.75) is 51.5 Å². The molecule has 6 nitrogen and oxygen atoms in total. The second-order valence-corrected chi connectivity index (χ2v) is 6.56. The number of aryl methyl sites for hydroxylation is 2. The summed E-state index contributed by atoms with van der Waals surface area (Å²) in [7, 11) is 0. The summed E-state index contributed by atoms with van der Waals surface area (Å²) in [5.41, 5.74) is 3.34. The molecule has 6 heteroatoms. The minimum absolute atomic E-state index is 0.00164. The Hall–Kier alpha value is -2.18. The maximum atomic E-state index is 10.1. The van der Waals surface area contributed by atoms with E-state index >= 15 is 0 Å². The van der Waals surface area contributed by atoms with Crippen LogP contribution >= 0.6 is 0 Å². The van der Waals surface area contributed by atoms with Gasteiger partial charge in [0.2, 0.25) is 0 Å². The van der Waals surface area contributed by atoms with Gasteiger partial charge in [-0.1, -0.05) is 18.2 Å². The number of rotatable bonds is 5. The fourth-order valence-electron chi connectivity index (χ4n) is 3.57. The van der Waals surface area contributed by atoms with Crippen molar-refractivity contribution in [3.05, 3.63) is 47.9 Å². The number of aromatic nitrogens is 4. The Labute approximate surface area is 141 Å². The molecule has 3 aromatic rings. The van der Waals surface area contributed by atoms with E-state index in [2.05, 4.69) is 35.5 Å². The molecule has 1 aliphatic carbocycles. The second-order valence-electron chi connectivity index (χ2n) is 6.56. The Balaban J connectivity index is 1.51. The van der Waals surface area contributed by atoms with Gasteiger partial charge >= 0.3 is 0 Å². The summed E-state index contributed by atoms with van der Waals surface area (Å²) in [5, 5.41) is 24.0.